The lowest BCUT2D eigenvalue weighted by molar-refractivity contribution is -0.117. The molecule has 0 unspecified atom stereocenters. The molecule has 1 amide bonds. The molecule has 0 fully saturated rings. The number of likely N-dealkylation sites (N-methyl/N-ethyl adjacent to an activating group) is 1. The number of hydrogen-bond donors (Lipinski definition) is 1. The fraction of sp³-hybridized carbons (Fsp3) is 0.211. The minimum Gasteiger partial charge on any atom is -0.315 e. The van der Waals surface area contributed by atoms with Crippen LogP contribution in [0.1, 0.15) is 16.8 Å². The van der Waals surface area contributed by atoms with Crippen LogP contribution in [0, 0.1) is 13.8 Å². The molecular weight excluding hydrogens is 330 g/mol. The Balaban J connectivity index is 1.86. The van der Waals surface area contributed by atoms with Crippen LogP contribution in [0.2, 0.25) is 0 Å². The SMILES string of the molecule is Cc1cccc(N(C)C(=O)Cc2c(C)nc(-c3ncccn3)[nH]c2=O)c1. The Bertz CT molecular complexity index is 998. The summed E-state index contributed by atoms with van der Waals surface area (Å²) in [6.07, 6.45) is 3.12. The molecule has 0 radical (unpaired) electrons. The van der Waals surface area contributed by atoms with Crippen molar-refractivity contribution in [3.63, 3.8) is 0 Å². The fourth-order valence-corrected chi connectivity index (χ4v) is 2.60. The molecule has 2 heterocycles. The second-order valence-corrected chi connectivity index (χ2v) is 6.02. The molecule has 3 rings (SSSR count). The number of rotatable bonds is 4. The fourth-order valence-electron chi connectivity index (χ4n) is 2.60. The Hall–Kier alpha value is -3.35. The van der Waals surface area contributed by atoms with Crippen molar-refractivity contribution < 1.29 is 4.79 Å². The molecule has 26 heavy (non-hydrogen) atoms. The van der Waals surface area contributed by atoms with Crippen molar-refractivity contribution in [3.8, 4) is 11.6 Å². The van der Waals surface area contributed by atoms with E-state index in [1.807, 2.05) is 31.2 Å². The monoisotopic (exact) mass is 349 g/mol. The van der Waals surface area contributed by atoms with Crippen LogP contribution < -0.4 is 10.5 Å². The number of hydrogen-bond acceptors (Lipinski definition) is 5. The predicted octanol–water partition coefficient (Wildman–Crippen LogP) is 2.05. The van der Waals surface area contributed by atoms with Crippen LogP contribution in [0.3, 0.4) is 0 Å². The van der Waals surface area contributed by atoms with Gasteiger partial charge in [-0.2, -0.15) is 0 Å². The van der Waals surface area contributed by atoms with Gasteiger partial charge in [0.25, 0.3) is 5.56 Å². The summed E-state index contributed by atoms with van der Waals surface area (Å²) >= 11 is 0. The van der Waals surface area contributed by atoms with Gasteiger partial charge in [0, 0.05) is 36.4 Å². The molecule has 3 aromatic rings. The lowest BCUT2D eigenvalue weighted by Crippen LogP contribution is -2.31. The van der Waals surface area contributed by atoms with E-state index in [1.54, 1.807) is 37.3 Å². The van der Waals surface area contributed by atoms with E-state index < -0.39 is 0 Å². The van der Waals surface area contributed by atoms with Crippen LogP contribution >= 0.6 is 0 Å². The molecule has 1 N–H and O–H groups in total. The first kappa shape index (κ1) is 17.5. The normalized spacial score (nSPS) is 10.6. The maximum atomic E-state index is 12.6. The van der Waals surface area contributed by atoms with Gasteiger partial charge in [0.15, 0.2) is 11.6 Å². The predicted molar refractivity (Wildman–Crippen MR) is 98.9 cm³/mol. The van der Waals surface area contributed by atoms with Crippen LogP contribution in [0.15, 0.2) is 47.5 Å². The average Bonchev–Trinajstić information content (AvgIpc) is 2.64. The second kappa shape index (κ2) is 7.26. The van der Waals surface area contributed by atoms with E-state index in [0.29, 0.717) is 17.1 Å². The van der Waals surface area contributed by atoms with Gasteiger partial charge in [-0.15, -0.1) is 0 Å². The highest BCUT2D eigenvalue weighted by atomic mass is 16.2. The third-order valence-corrected chi connectivity index (χ3v) is 4.09. The minimum atomic E-state index is -0.356. The standard InChI is InChI=1S/C19H19N5O2/c1-12-6-4-7-14(10-12)24(3)16(25)11-15-13(2)22-18(23-19(15)26)17-20-8-5-9-21-17/h4-10H,11H2,1-3H3,(H,22,23,26). The number of carbonyl (C=O) groups excluding carboxylic acids is 1. The molecule has 0 bridgehead atoms. The van der Waals surface area contributed by atoms with Crippen molar-refractivity contribution in [3.05, 3.63) is 69.9 Å². The van der Waals surface area contributed by atoms with E-state index in [9.17, 15) is 9.59 Å². The number of aryl methyl sites for hydroxylation is 2. The Kier molecular flexibility index (Phi) is 4.88. The summed E-state index contributed by atoms with van der Waals surface area (Å²) < 4.78 is 0. The lowest BCUT2D eigenvalue weighted by atomic mass is 10.1. The van der Waals surface area contributed by atoms with Gasteiger partial charge in [-0.05, 0) is 37.6 Å². The summed E-state index contributed by atoms with van der Waals surface area (Å²) in [5.41, 5.74) is 2.32. The molecule has 0 aliphatic rings. The van der Waals surface area contributed by atoms with E-state index >= 15 is 0 Å². The zero-order chi connectivity index (χ0) is 18.7. The molecule has 132 valence electrons. The van der Waals surface area contributed by atoms with Gasteiger partial charge >= 0.3 is 0 Å². The smallest absolute Gasteiger partial charge is 0.255 e. The molecule has 0 aliphatic heterocycles. The summed E-state index contributed by atoms with van der Waals surface area (Å²) in [6, 6.07) is 9.31. The summed E-state index contributed by atoms with van der Waals surface area (Å²) in [7, 11) is 1.69. The minimum absolute atomic E-state index is 0.0332. The molecule has 0 aliphatic carbocycles. The molecule has 7 heteroatoms. The zero-order valence-electron chi connectivity index (χ0n) is 14.9. The number of nitrogens with zero attached hydrogens (tertiary/aromatic N) is 4. The van der Waals surface area contributed by atoms with Crippen LogP contribution in [-0.2, 0) is 11.2 Å². The number of carbonyl (C=O) groups is 1. The van der Waals surface area contributed by atoms with Gasteiger partial charge in [-0.3, -0.25) is 9.59 Å². The number of amides is 1. The Morgan fingerprint density at radius 2 is 1.88 bits per heavy atom. The largest absolute Gasteiger partial charge is 0.315 e. The number of nitrogens with one attached hydrogen (secondary N) is 1. The highest BCUT2D eigenvalue weighted by Crippen LogP contribution is 2.16. The maximum Gasteiger partial charge on any atom is 0.255 e. The first-order chi connectivity index (χ1) is 12.5. The van der Waals surface area contributed by atoms with Crippen molar-refractivity contribution in [2.75, 3.05) is 11.9 Å². The zero-order valence-corrected chi connectivity index (χ0v) is 14.9. The van der Waals surface area contributed by atoms with Crippen molar-refractivity contribution in [1.82, 2.24) is 19.9 Å². The highest BCUT2D eigenvalue weighted by Gasteiger charge is 2.17. The van der Waals surface area contributed by atoms with Crippen LogP contribution in [-0.4, -0.2) is 32.9 Å². The van der Waals surface area contributed by atoms with Crippen LogP contribution in [0.25, 0.3) is 11.6 Å². The third kappa shape index (κ3) is 3.66. The Labute approximate surface area is 150 Å². The van der Waals surface area contributed by atoms with Crippen molar-refractivity contribution in [2.24, 2.45) is 0 Å². The topological polar surface area (TPSA) is 91.8 Å². The molecule has 0 saturated carbocycles. The van der Waals surface area contributed by atoms with E-state index in [2.05, 4.69) is 19.9 Å². The first-order valence-corrected chi connectivity index (χ1v) is 8.16. The maximum absolute atomic E-state index is 12.6. The van der Waals surface area contributed by atoms with E-state index in [4.69, 9.17) is 0 Å². The van der Waals surface area contributed by atoms with E-state index in [0.717, 1.165) is 11.3 Å². The molecule has 0 atom stereocenters. The Morgan fingerprint density at radius 1 is 1.15 bits per heavy atom. The van der Waals surface area contributed by atoms with Crippen molar-refractivity contribution in [1.29, 1.82) is 0 Å². The number of H-pyrrole nitrogens is 1. The van der Waals surface area contributed by atoms with Crippen LogP contribution in [0.4, 0.5) is 5.69 Å². The van der Waals surface area contributed by atoms with Gasteiger partial charge in [0.1, 0.15) is 0 Å². The molecule has 1 aromatic carbocycles. The van der Waals surface area contributed by atoms with Gasteiger partial charge < -0.3 is 9.88 Å². The number of benzene rings is 1. The summed E-state index contributed by atoms with van der Waals surface area (Å²) in [6.45, 7) is 3.67. The van der Waals surface area contributed by atoms with Gasteiger partial charge in [-0.25, -0.2) is 15.0 Å². The Morgan fingerprint density at radius 3 is 2.54 bits per heavy atom. The first-order valence-electron chi connectivity index (χ1n) is 8.16. The summed E-state index contributed by atoms with van der Waals surface area (Å²) in [4.78, 5) is 41.8. The van der Waals surface area contributed by atoms with Gasteiger partial charge in [0.2, 0.25) is 5.91 Å². The van der Waals surface area contributed by atoms with Crippen molar-refractivity contribution >= 4 is 11.6 Å². The third-order valence-electron chi connectivity index (χ3n) is 4.09. The number of aromatic amines is 1. The molecular formula is C19H19N5O2. The second-order valence-electron chi connectivity index (χ2n) is 6.02. The van der Waals surface area contributed by atoms with Gasteiger partial charge in [0.05, 0.1) is 6.42 Å². The number of anilines is 1. The molecule has 2 aromatic heterocycles. The summed E-state index contributed by atoms with van der Waals surface area (Å²) in [5, 5.41) is 0. The molecule has 0 saturated heterocycles. The lowest BCUT2D eigenvalue weighted by Gasteiger charge is -2.18. The van der Waals surface area contributed by atoms with E-state index in [-0.39, 0.29) is 23.7 Å². The number of aromatic nitrogens is 4. The van der Waals surface area contributed by atoms with Crippen LogP contribution in [0.5, 0.6) is 0 Å². The van der Waals surface area contributed by atoms with Crippen molar-refractivity contribution in [2.45, 2.75) is 20.3 Å². The van der Waals surface area contributed by atoms with E-state index in [1.165, 1.54) is 0 Å². The summed E-state index contributed by atoms with van der Waals surface area (Å²) in [5.74, 6) is 0.438. The highest BCUT2D eigenvalue weighted by molar-refractivity contribution is 5.94. The molecule has 7 nitrogen and oxygen atoms in total. The molecule has 0 spiro atoms. The quantitative estimate of drug-likeness (QED) is 0.778. The van der Waals surface area contributed by atoms with Gasteiger partial charge in [-0.1, -0.05) is 12.1 Å². The average molecular weight is 349 g/mol.